The minimum Gasteiger partial charge on any atom is -0.395 e. The monoisotopic (exact) mass is 260 g/mol. The van der Waals surface area contributed by atoms with Crippen molar-refractivity contribution in [3.8, 4) is 11.8 Å². The number of primary amides is 1. The van der Waals surface area contributed by atoms with Crippen LogP contribution in [-0.4, -0.2) is 30.1 Å². The lowest BCUT2D eigenvalue weighted by molar-refractivity contribution is -0.117. The third-order valence-corrected chi connectivity index (χ3v) is 2.30. The number of aliphatic hydroxyl groups is 1. The molecule has 0 fully saturated rings. The van der Waals surface area contributed by atoms with Crippen molar-refractivity contribution in [1.82, 2.24) is 5.32 Å². The van der Waals surface area contributed by atoms with E-state index < -0.39 is 11.8 Å². The van der Waals surface area contributed by atoms with Gasteiger partial charge >= 0.3 is 0 Å². The van der Waals surface area contributed by atoms with Gasteiger partial charge in [-0.2, -0.15) is 0 Å². The van der Waals surface area contributed by atoms with Gasteiger partial charge < -0.3 is 16.2 Å². The number of aryl methyl sites for hydroxylation is 1. The minimum atomic E-state index is -0.603. The Morgan fingerprint density at radius 3 is 2.79 bits per heavy atom. The van der Waals surface area contributed by atoms with E-state index in [1.165, 1.54) is 0 Å². The molecule has 0 spiro atoms. The Labute approximate surface area is 111 Å². The first-order chi connectivity index (χ1) is 9.04. The van der Waals surface area contributed by atoms with Crippen molar-refractivity contribution < 1.29 is 14.7 Å². The smallest absolute Gasteiger partial charge is 0.252 e. The highest BCUT2D eigenvalue weighted by Crippen LogP contribution is 2.10. The fourth-order valence-electron chi connectivity index (χ4n) is 1.43. The van der Waals surface area contributed by atoms with Crippen LogP contribution in [0.25, 0.3) is 0 Å². The van der Waals surface area contributed by atoms with E-state index in [1.54, 1.807) is 12.1 Å². The van der Waals surface area contributed by atoms with Crippen LogP contribution in [0, 0.1) is 18.8 Å². The Hall–Kier alpha value is -2.32. The zero-order chi connectivity index (χ0) is 14.3. The summed E-state index contributed by atoms with van der Waals surface area (Å²) in [5, 5.41) is 11.1. The summed E-state index contributed by atoms with van der Waals surface area (Å²) in [5.41, 5.74) is 6.84. The molecule has 0 bridgehead atoms. The molecule has 0 aliphatic heterocycles. The minimum absolute atomic E-state index is 0.0257. The van der Waals surface area contributed by atoms with Gasteiger partial charge in [0.05, 0.1) is 18.7 Å². The topological polar surface area (TPSA) is 92.4 Å². The van der Waals surface area contributed by atoms with E-state index in [4.69, 9.17) is 10.8 Å². The van der Waals surface area contributed by atoms with Gasteiger partial charge in [0.15, 0.2) is 0 Å². The standard InChI is InChI=1S/C14H16N2O3/c1-10-5-6-11(4-2-3-7-17)12(8-10)14(19)16-9-13(15)18/h5-6,8,17H,3,7,9H2,1H3,(H2,15,18)(H,16,19). The van der Waals surface area contributed by atoms with Crippen LogP contribution in [0.2, 0.25) is 0 Å². The summed E-state index contributed by atoms with van der Waals surface area (Å²) < 4.78 is 0. The number of aliphatic hydroxyl groups excluding tert-OH is 1. The predicted octanol–water partition coefficient (Wildman–Crippen LogP) is -0.0560. The summed E-state index contributed by atoms with van der Waals surface area (Å²) in [6.45, 7) is 1.62. The van der Waals surface area contributed by atoms with E-state index in [1.807, 2.05) is 13.0 Å². The molecule has 100 valence electrons. The van der Waals surface area contributed by atoms with Gasteiger partial charge in [-0.3, -0.25) is 9.59 Å². The first kappa shape index (κ1) is 14.7. The third kappa shape index (κ3) is 4.82. The second kappa shape index (κ2) is 7.19. The molecule has 19 heavy (non-hydrogen) atoms. The fourth-order valence-corrected chi connectivity index (χ4v) is 1.43. The molecular formula is C14H16N2O3. The van der Waals surface area contributed by atoms with Crippen LogP contribution < -0.4 is 11.1 Å². The number of amides is 2. The zero-order valence-electron chi connectivity index (χ0n) is 10.7. The first-order valence-corrected chi connectivity index (χ1v) is 5.81. The molecule has 0 radical (unpaired) electrons. The van der Waals surface area contributed by atoms with Gasteiger partial charge in [0.1, 0.15) is 0 Å². The van der Waals surface area contributed by atoms with Crippen molar-refractivity contribution in [3.63, 3.8) is 0 Å². The van der Waals surface area contributed by atoms with Gasteiger partial charge in [0.25, 0.3) is 5.91 Å². The van der Waals surface area contributed by atoms with E-state index in [0.29, 0.717) is 17.5 Å². The lowest BCUT2D eigenvalue weighted by Gasteiger charge is -2.06. The predicted molar refractivity (Wildman–Crippen MR) is 71.3 cm³/mol. The van der Waals surface area contributed by atoms with Crippen molar-refractivity contribution in [3.05, 3.63) is 34.9 Å². The Morgan fingerprint density at radius 1 is 1.42 bits per heavy atom. The normalized spacial score (nSPS) is 9.37. The number of nitrogens with one attached hydrogen (secondary N) is 1. The van der Waals surface area contributed by atoms with Crippen molar-refractivity contribution in [2.75, 3.05) is 13.2 Å². The number of carbonyl (C=O) groups excluding carboxylic acids is 2. The first-order valence-electron chi connectivity index (χ1n) is 5.81. The van der Waals surface area contributed by atoms with Gasteiger partial charge in [0, 0.05) is 12.0 Å². The second-order valence-corrected chi connectivity index (χ2v) is 3.97. The maximum atomic E-state index is 11.9. The van der Waals surface area contributed by atoms with Crippen LogP contribution in [-0.2, 0) is 4.79 Å². The van der Waals surface area contributed by atoms with Crippen LogP contribution in [0.5, 0.6) is 0 Å². The molecule has 1 aromatic carbocycles. The number of hydrogen-bond acceptors (Lipinski definition) is 3. The van der Waals surface area contributed by atoms with Gasteiger partial charge in [-0.15, -0.1) is 0 Å². The Balaban J connectivity index is 2.97. The van der Waals surface area contributed by atoms with E-state index in [-0.39, 0.29) is 13.2 Å². The lowest BCUT2D eigenvalue weighted by atomic mass is 10.0. The number of rotatable bonds is 4. The Kier molecular flexibility index (Phi) is 5.58. The maximum absolute atomic E-state index is 11.9. The highest BCUT2D eigenvalue weighted by molar-refractivity contribution is 5.98. The average Bonchev–Trinajstić information content (AvgIpc) is 2.37. The van der Waals surface area contributed by atoms with Crippen molar-refractivity contribution in [2.24, 2.45) is 5.73 Å². The average molecular weight is 260 g/mol. The van der Waals surface area contributed by atoms with Crippen LogP contribution >= 0.6 is 0 Å². The highest BCUT2D eigenvalue weighted by Gasteiger charge is 2.10. The lowest BCUT2D eigenvalue weighted by Crippen LogP contribution is -2.33. The number of benzene rings is 1. The number of hydrogen-bond donors (Lipinski definition) is 3. The van der Waals surface area contributed by atoms with Crippen LogP contribution in [0.1, 0.15) is 27.9 Å². The van der Waals surface area contributed by atoms with Crippen LogP contribution in [0.4, 0.5) is 0 Å². The Morgan fingerprint density at radius 2 is 2.16 bits per heavy atom. The van der Waals surface area contributed by atoms with E-state index in [0.717, 1.165) is 5.56 Å². The van der Waals surface area contributed by atoms with Gasteiger partial charge in [-0.05, 0) is 19.1 Å². The van der Waals surface area contributed by atoms with Crippen LogP contribution in [0.15, 0.2) is 18.2 Å². The summed E-state index contributed by atoms with van der Waals surface area (Å²) in [6.07, 6.45) is 0.343. The largest absolute Gasteiger partial charge is 0.395 e. The highest BCUT2D eigenvalue weighted by atomic mass is 16.2. The van der Waals surface area contributed by atoms with Gasteiger partial charge in [0.2, 0.25) is 5.91 Å². The molecule has 5 heteroatoms. The van der Waals surface area contributed by atoms with E-state index >= 15 is 0 Å². The molecule has 0 atom stereocenters. The van der Waals surface area contributed by atoms with E-state index in [9.17, 15) is 9.59 Å². The summed E-state index contributed by atoms with van der Waals surface area (Å²) in [4.78, 5) is 22.6. The quantitative estimate of drug-likeness (QED) is 0.662. The molecule has 0 aliphatic carbocycles. The SMILES string of the molecule is Cc1ccc(C#CCCO)c(C(=O)NCC(N)=O)c1. The third-order valence-electron chi connectivity index (χ3n) is 2.30. The summed E-state index contributed by atoms with van der Waals surface area (Å²) in [7, 11) is 0. The summed E-state index contributed by atoms with van der Waals surface area (Å²) in [6, 6.07) is 5.27. The van der Waals surface area contributed by atoms with Crippen molar-refractivity contribution in [1.29, 1.82) is 0 Å². The molecule has 0 aliphatic rings. The Bertz CT molecular complexity index is 541. The molecule has 1 aromatic rings. The molecule has 4 N–H and O–H groups in total. The molecule has 1 rings (SSSR count). The summed E-state index contributed by atoms with van der Waals surface area (Å²) in [5.74, 6) is 4.59. The van der Waals surface area contributed by atoms with Crippen molar-refractivity contribution >= 4 is 11.8 Å². The van der Waals surface area contributed by atoms with Gasteiger partial charge in [-0.1, -0.05) is 23.5 Å². The van der Waals surface area contributed by atoms with Crippen LogP contribution in [0.3, 0.4) is 0 Å². The number of nitrogens with two attached hydrogens (primary N) is 1. The van der Waals surface area contributed by atoms with Gasteiger partial charge in [-0.25, -0.2) is 0 Å². The summed E-state index contributed by atoms with van der Waals surface area (Å²) >= 11 is 0. The fraction of sp³-hybridized carbons (Fsp3) is 0.286. The zero-order valence-corrected chi connectivity index (χ0v) is 10.7. The number of carbonyl (C=O) groups is 2. The molecule has 0 saturated heterocycles. The second-order valence-electron chi connectivity index (χ2n) is 3.97. The molecule has 5 nitrogen and oxygen atoms in total. The maximum Gasteiger partial charge on any atom is 0.252 e. The van der Waals surface area contributed by atoms with E-state index in [2.05, 4.69) is 17.2 Å². The molecule has 0 saturated carbocycles. The molecule has 0 aromatic heterocycles. The molecule has 2 amide bonds. The molecular weight excluding hydrogens is 244 g/mol. The van der Waals surface area contributed by atoms with Crippen molar-refractivity contribution in [2.45, 2.75) is 13.3 Å². The molecule has 0 heterocycles. The molecule has 0 unspecified atom stereocenters.